The van der Waals surface area contributed by atoms with Gasteiger partial charge in [0.2, 0.25) is 0 Å². The normalized spacial score (nSPS) is 18.8. The predicted molar refractivity (Wildman–Crippen MR) is 73.9 cm³/mol. The van der Waals surface area contributed by atoms with Crippen molar-refractivity contribution in [3.8, 4) is 0 Å². The summed E-state index contributed by atoms with van der Waals surface area (Å²) in [5, 5.41) is 4.98. The monoisotopic (exact) mass is 275 g/mol. The van der Waals surface area contributed by atoms with E-state index in [1.54, 1.807) is 0 Å². The van der Waals surface area contributed by atoms with Crippen molar-refractivity contribution in [2.45, 2.75) is 18.9 Å². The molecule has 1 aromatic rings. The highest BCUT2D eigenvalue weighted by atomic mass is 35.5. The fraction of sp³-hybridized carbons (Fsp3) is 0.500. The molecule has 0 bridgehead atoms. The molecule has 1 N–H and O–H groups in total. The van der Waals surface area contributed by atoms with Gasteiger partial charge in [-0.3, -0.25) is 0 Å². The summed E-state index contributed by atoms with van der Waals surface area (Å²) < 4.78 is 0. The molecule has 0 amide bonds. The fourth-order valence-electron chi connectivity index (χ4n) is 2.18. The standard InChI is InChI=1S/C12H15Cl2NS/c1-16-7-6-15-11-5-3-9-8(11)2-4-10(13)12(9)14/h2,4,11,15H,3,5-7H2,1H3. The zero-order valence-corrected chi connectivity index (χ0v) is 11.6. The first kappa shape index (κ1) is 12.6. The fourth-order valence-corrected chi connectivity index (χ4v) is 2.95. The van der Waals surface area contributed by atoms with E-state index in [1.165, 1.54) is 11.1 Å². The molecule has 1 unspecified atom stereocenters. The highest BCUT2D eigenvalue weighted by molar-refractivity contribution is 7.98. The summed E-state index contributed by atoms with van der Waals surface area (Å²) in [5.74, 6) is 1.15. The van der Waals surface area contributed by atoms with E-state index in [4.69, 9.17) is 23.2 Å². The number of fused-ring (bicyclic) bond motifs is 1. The van der Waals surface area contributed by atoms with E-state index >= 15 is 0 Å². The van der Waals surface area contributed by atoms with E-state index in [-0.39, 0.29) is 0 Å². The van der Waals surface area contributed by atoms with Crippen LogP contribution in [0.15, 0.2) is 12.1 Å². The van der Waals surface area contributed by atoms with E-state index in [0.29, 0.717) is 11.1 Å². The lowest BCUT2D eigenvalue weighted by Gasteiger charge is -2.14. The van der Waals surface area contributed by atoms with Crippen LogP contribution in [-0.4, -0.2) is 18.6 Å². The summed E-state index contributed by atoms with van der Waals surface area (Å²) in [6.45, 7) is 1.05. The van der Waals surface area contributed by atoms with Gasteiger partial charge < -0.3 is 5.32 Å². The van der Waals surface area contributed by atoms with E-state index < -0.39 is 0 Å². The van der Waals surface area contributed by atoms with Gasteiger partial charge in [0.1, 0.15) is 0 Å². The van der Waals surface area contributed by atoms with E-state index in [1.807, 2.05) is 17.8 Å². The minimum Gasteiger partial charge on any atom is -0.309 e. The van der Waals surface area contributed by atoms with Crippen molar-refractivity contribution in [3.05, 3.63) is 33.3 Å². The maximum absolute atomic E-state index is 6.20. The Morgan fingerprint density at radius 3 is 3.00 bits per heavy atom. The molecule has 0 spiro atoms. The molecule has 0 radical (unpaired) electrons. The Labute approximate surface area is 111 Å². The summed E-state index contributed by atoms with van der Waals surface area (Å²) in [6, 6.07) is 4.46. The highest BCUT2D eigenvalue weighted by Crippen LogP contribution is 2.38. The Balaban J connectivity index is 2.11. The van der Waals surface area contributed by atoms with Gasteiger partial charge >= 0.3 is 0 Å². The van der Waals surface area contributed by atoms with Gasteiger partial charge in [-0.2, -0.15) is 11.8 Å². The minimum atomic E-state index is 0.455. The second kappa shape index (κ2) is 5.63. The number of hydrogen-bond acceptors (Lipinski definition) is 2. The predicted octanol–water partition coefficient (Wildman–Crippen LogP) is 3.93. The summed E-state index contributed by atoms with van der Waals surface area (Å²) in [7, 11) is 0. The molecule has 4 heteroatoms. The molecule has 1 aliphatic rings. The number of rotatable bonds is 4. The van der Waals surface area contributed by atoms with E-state index in [0.717, 1.165) is 30.2 Å². The molecular formula is C12H15Cl2NS. The average molecular weight is 276 g/mol. The van der Waals surface area contributed by atoms with Crippen molar-refractivity contribution in [1.82, 2.24) is 5.32 Å². The van der Waals surface area contributed by atoms with Gasteiger partial charge in [-0.1, -0.05) is 29.3 Å². The van der Waals surface area contributed by atoms with Crippen molar-refractivity contribution in [2.75, 3.05) is 18.6 Å². The molecule has 0 saturated carbocycles. The number of halogens is 2. The number of thioether (sulfide) groups is 1. The number of benzene rings is 1. The lowest BCUT2D eigenvalue weighted by atomic mass is 10.1. The van der Waals surface area contributed by atoms with Gasteiger partial charge in [0, 0.05) is 18.3 Å². The first-order valence-corrected chi connectivity index (χ1v) is 7.58. The van der Waals surface area contributed by atoms with Gasteiger partial charge in [-0.05, 0) is 36.3 Å². The van der Waals surface area contributed by atoms with Crippen LogP contribution in [0.3, 0.4) is 0 Å². The third-order valence-electron chi connectivity index (χ3n) is 2.99. The summed E-state index contributed by atoms with van der Waals surface area (Å²) in [5.41, 5.74) is 2.56. The second-order valence-corrected chi connectivity index (χ2v) is 5.74. The molecule has 2 rings (SSSR count). The van der Waals surface area contributed by atoms with Crippen LogP contribution in [0.1, 0.15) is 23.6 Å². The maximum Gasteiger partial charge on any atom is 0.0627 e. The van der Waals surface area contributed by atoms with Crippen molar-refractivity contribution < 1.29 is 0 Å². The molecule has 0 heterocycles. The SMILES string of the molecule is CSCCNC1CCc2c1ccc(Cl)c2Cl. The average Bonchev–Trinajstić information content (AvgIpc) is 2.68. The zero-order valence-electron chi connectivity index (χ0n) is 9.22. The quantitative estimate of drug-likeness (QED) is 0.836. The third-order valence-corrected chi connectivity index (χ3v) is 4.44. The Morgan fingerprint density at radius 1 is 1.44 bits per heavy atom. The van der Waals surface area contributed by atoms with Crippen LogP contribution < -0.4 is 5.32 Å². The first-order chi connectivity index (χ1) is 7.74. The maximum atomic E-state index is 6.20. The molecule has 1 atom stereocenters. The van der Waals surface area contributed by atoms with Gasteiger partial charge in [0.15, 0.2) is 0 Å². The zero-order chi connectivity index (χ0) is 11.5. The lowest BCUT2D eigenvalue weighted by molar-refractivity contribution is 0.552. The van der Waals surface area contributed by atoms with Crippen LogP contribution in [0.4, 0.5) is 0 Å². The van der Waals surface area contributed by atoms with Crippen LogP contribution in [-0.2, 0) is 6.42 Å². The van der Waals surface area contributed by atoms with Gasteiger partial charge in [-0.15, -0.1) is 0 Å². The summed E-state index contributed by atoms with van der Waals surface area (Å²) in [4.78, 5) is 0. The van der Waals surface area contributed by atoms with Crippen LogP contribution in [0.2, 0.25) is 10.0 Å². The first-order valence-electron chi connectivity index (χ1n) is 5.43. The second-order valence-electron chi connectivity index (χ2n) is 3.97. The van der Waals surface area contributed by atoms with Crippen molar-refractivity contribution in [2.24, 2.45) is 0 Å². The number of nitrogens with one attached hydrogen (secondary N) is 1. The molecule has 0 saturated heterocycles. The van der Waals surface area contributed by atoms with E-state index in [2.05, 4.69) is 17.6 Å². The molecule has 0 fully saturated rings. The van der Waals surface area contributed by atoms with E-state index in [9.17, 15) is 0 Å². The molecule has 1 aromatic carbocycles. The van der Waals surface area contributed by atoms with Gasteiger partial charge in [-0.25, -0.2) is 0 Å². The lowest BCUT2D eigenvalue weighted by Crippen LogP contribution is -2.21. The molecule has 1 aliphatic carbocycles. The van der Waals surface area contributed by atoms with Crippen LogP contribution >= 0.6 is 35.0 Å². The van der Waals surface area contributed by atoms with Crippen molar-refractivity contribution in [1.29, 1.82) is 0 Å². The van der Waals surface area contributed by atoms with Crippen LogP contribution in [0.5, 0.6) is 0 Å². The Hall–Kier alpha value is 0.110. The molecule has 0 aliphatic heterocycles. The smallest absolute Gasteiger partial charge is 0.0627 e. The molecule has 1 nitrogen and oxygen atoms in total. The highest BCUT2D eigenvalue weighted by Gasteiger charge is 2.24. The van der Waals surface area contributed by atoms with Crippen molar-refractivity contribution in [3.63, 3.8) is 0 Å². The van der Waals surface area contributed by atoms with Gasteiger partial charge in [0.25, 0.3) is 0 Å². The Bertz CT molecular complexity index is 382. The number of hydrogen-bond donors (Lipinski definition) is 1. The third kappa shape index (κ3) is 2.51. The largest absolute Gasteiger partial charge is 0.309 e. The Kier molecular flexibility index (Phi) is 4.42. The molecular weight excluding hydrogens is 261 g/mol. The topological polar surface area (TPSA) is 12.0 Å². The molecule has 16 heavy (non-hydrogen) atoms. The van der Waals surface area contributed by atoms with Crippen LogP contribution in [0, 0.1) is 0 Å². The summed E-state index contributed by atoms with van der Waals surface area (Å²) in [6.07, 6.45) is 4.29. The molecule has 88 valence electrons. The summed E-state index contributed by atoms with van der Waals surface area (Å²) >= 11 is 14.1. The van der Waals surface area contributed by atoms with Crippen molar-refractivity contribution >= 4 is 35.0 Å². The van der Waals surface area contributed by atoms with Gasteiger partial charge in [0.05, 0.1) is 10.0 Å². The minimum absolute atomic E-state index is 0.455. The van der Waals surface area contributed by atoms with Crippen LogP contribution in [0.25, 0.3) is 0 Å². The molecule has 0 aromatic heterocycles. The Morgan fingerprint density at radius 2 is 2.25 bits per heavy atom.